The second kappa shape index (κ2) is 4.73. The van der Waals surface area contributed by atoms with Gasteiger partial charge in [0.25, 0.3) is 0 Å². The van der Waals surface area contributed by atoms with Gasteiger partial charge >= 0.3 is 0 Å². The molecule has 1 atom stereocenters. The Bertz CT molecular complexity index is 99.7. The Morgan fingerprint density at radius 3 is 2.55 bits per heavy atom. The molecule has 1 aliphatic rings. The summed E-state index contributed by atoms with van der Waals surface area (Å²) >= 11 is 0. The molecule has 1 aliphatic heterocycles. The van der Waals surface area contributed by atoms with Gasteiger partial charge in [0.1, 0.15) is 6.23 Å². The average molecular weight is 156 g/mol. The molecule has 0 aliphatic carbocycles. The van der Waals surface area contributed by atoms with Crippen molar-refractivity contribution >= 4 is 0 Å². The first kappa shape index (κ1) is 9.01. The van der Waals surface area contributed by atoms with Gasteiger partial charge in [0.15, 0.2) is 0 Å². The fourth-order valence-electron chi connectivity index (χ4n) is 1.50. The second-order valence-electron chi connectivity index (χ2n) is 3.01. The Labute approximate surface area is 69.5 Å². The van der Waals surface area contributed by atoms with E-state index < -0.39 is 0 Å². The molecule has 2 heteroatoms. The Kier molecular flexibility index (Phi) is 3.87. The molecule has 0 aromatic heterocycles. The van der Waals surface area contributed by atoms with Gasteiger partial charge in [0.05, 0.1) is 0 Å². The van der Waals surface area contributed by atoms with Crippen LogP contribution in [0.4, 0.5) is 0 Å². The molecule has 1 fully saturated rings. The van der Waals surface area contributed by atoms with Crippen molar-refractivity contribution in [2.24, 2.45) is 0 Å². The monoisotopic (exact) mass is 156 g/mol. The van der Waals surface area contributed by atoms with E-state index in [2.05, 4.69) is 11.8 Å². The van der Waals surface area contributed by atoms with Gasteiger partial charge in [-0.15, -0.1) is 0 Å². The number of hydrogen-bond acceptors (Lipinski definition) is 2. The van der Waals surface area contributed by atoms with Crippen LogP contribution in [0.25, 0.3) is 0 Å². The molecule has 2 nitrogen and oxygen atoms in total. The van der Waals surface area contributed by atoms with Gasteiger partial charge in [-0.3, -0.25) is 4.90 Å². The third kappa shape index (κ3) is 2.80. The lowest BCUT2D eigenvalue weighted by Crippen LogP contribution is -2.39. The molecule has 0 aromatic rings. The third-order valence-electron chi connectivity index (χ3n) is 2.16. The maximum absolute atomic E-state index is 5.40. The Morgan fingerprint density at radius 1 is 1.36 bits per heavy atom. The lowest BCUT2D eigenvalue weighted by atomic mass is 10.1. The maximum atomic E-state index is 5.40. The molecule has 65 valence electrons. The zero-order valence-electron chi connectivity index (χ0n) is 7.38. The highest BCUT2D eigenvalue weighted by atomic mass is 16.5. The Morgan fingerprint density at radius 2 is 2.00 bits per heavy atom. The van der Waals surface area contributed by atoms with Crippen molar-refractivity contribution < 1.29 is 4.74 Å². The van der Waals surface area contributed by atoms with Crippen molar-refractivity contribution in [1.29, 1.82) is 0 Å². The van der Waals surface area contributed by atoms with Crippen molar-refractivity contribution in [3.05, 3.63) is 6.92 Å². The molecule has 0 amide bonds. The molecule has 1 unspecified atom stereocenters. The molecule has 11 heavy (non-hydrogen) atoms. The van der Waals surface area contributed by atoms with E-state index in [0.717, 1.165) is 19.7 Å². The molecule has 0 bridgehead atoms. The van der Waals surface area contributed by atoms with E-state index in [-0.39, 0.29) is 6.23 Å². The summed E-state index contributed by atoms with van der Waals surface area (Å²) < 4.78 is 5.40. The van der Waals surface area contributed by atoms with Gasteiger partial charge in [0.2, 0.25) is 0 Å². The Balaban J connectivity index is 2.21. The number of rotatable bonds is 3. The lowest BCUT2D eigenvalue weighted by Gasteiger charge is -2.31. The predicted octanol–water partition coefficient (Wildman–Crippen LogP) is 1.67. The largest absolute Gasteiger partial charge is 0.363 e. The summed E-state index contributed by atoms with van der Waals surface area (Å²) in [5, 5.41) is 0. The summed E-state index contributed by atoms with van der Waals surface area (Å²) in [6.07, 6.45) is 4.06. The highest BCUT2D eigenvalue weighted by molar-refractivity contribution is 4.69. The van der Waals surface area contributed by atoms with E-state index in [1.807, 2.05) is 6.92 Å². The van der Waals surface area contributed by atoms with Crippen LogP contribution >= 0.6 is 0 Å². The van der Waals surface area contributed by atoms with Gasteiger partial charge in [-0.25, -0.2) is 0 Å². The van der Waals surface area contributed by atoms with E-state index >= 15 is 0 Å². The fourth-order valence-corrected chi connectivity index (χ4v) is 1.50. The summed E-state index contributed by atoms with van der Waals surface area (Å²) in [6, 6.07) is 0. The van der Waals surface area contributed by atoms with Gasteiger partial charge in [-0.05, 0) is 26.7 Å². The molecular formula is C9H18NO. The van der Waals surface area contributed by atoms with Crippen molar-refractivity contribution in [3.63, 3.8) is 0 Å². The standard InChI is InChI=1S/C9H18NO/c1-3-11-9(2)10-7-5-4-6-8-10/h9H,2-8H2,1H3. The smallest absolute Gasteiger partial charge is 0.110 e. The zero-order valence-corrected chi connectivity index (χ0v) is 7.38. The fraction of sp³-hybridized carbons (Fsp3) is 0.889. The van der Waals surface area contributed by atoms with Crippen LogP contribution in [-0.4, -0.2) is 30.8 Å². The molecule has 1 saturated heterocycles. The number of likely N-dealkylation sites (tertiary alicyclic amines) is 1. The summed E-state index contributed by atoms with van der Waals surface area (Å²) in [6.45, 7) is 9.06. The molecule has 0 saturated carbocycles. The SMILES string of the molecule is [CH2]C(OCC)N1CCCCC1. The van der Waals surface area contributed by atoms with E-state index in [4.69, 9.17) is 4.74 Å². The van der Waals surface area contributed by atoms with Crippen molar-refractivity contribution in [3.8, 4) is 0 Å². The van der Waals surface area contributed by atoms with Crippen LogP contribution in [-0.2, 0) is 4.74 Å². The normalized spacial score (nSPS) is 23.5. The second-order valence-corrected chi connectivity index (χ2v) is 3.01. The van der Waals surface area contributed by atoms with Crippen LogP contribution in [0.1, 0.15) is 26.2 Å². The van der Waals surface area contributed by atoms with Gasteiger partial charge in [-0.2, -0.15) is 0 Å². The van der Waals surface area contributed by atoms with Crippen molar-refractivity contribution in [2.75, 3.05) is 19.7 Å². The average Bonchev–Trinajstić information content (AvgIpc) is 2.07. The van der Waals surface area contributed by atoms with Gasteiger partial charge in [0, 0.05) is 19.7 Å². The van der Waals surface area contributed by atoms with Gasteiger partial charge in [-0.1, -0.05) is 6.42 Å². The summed E-state index contributed by atoms with van der Waals surface area (Å²) in [4.78, 5) is 2.31. The third-order valence-corrected chi connectivity index (χ3v) is 2.16. The summed E-state index contributed by atoms with van der Waals surface area (Å²) in [7, 11) is 0. The maximum Gasteiger partial charge on any atom is 0.110 e. The minimum Gasteiger partial charge on any atom is -0.363 e. The zero-order chi connectivity index (χ0) is 8.10. The number of nitrogens with zero attached hydrogens (tertiary/aromatic N) is 1. The highest BCUT2D eigenvalue weighted by Gasteiger charge is 2.15. The van der Waals surface area contributed by atoms with Crippen molar-refractivity contribution in [1.82, 2.24) is 4.90 Å². The van der Waals surface area contributed by atoms with Crippen LogP contribution in [0, 0.1) is 6.92 Å². The van der Waals surface area contributed by atoms with E-state index in [9.17, 15) is 0 Å². The number of hydrogen-bond donors (Lipinski definition) is 0. The van der Waals surface area contributed by atoms with Crippen LogP contribution in [0.3, 0.4) is 0 Å². The molecule has 1 heterocycles. The first-order valence-corrected chi connectivity index (χ1v) is 4.53. The molecule has 1 rings (SSSR count). The Hall–Kier alpha value is -0.0800. The predicted molar refractivity (Wildman–Crippen MR) is 46.2 cm³/mol. The van der Waals surface area contributed by atoms with E-state index in [1.54, 1.807) is 0 Å². The highest BCUT2D eigenvalue weighted by Crippen LogP contribution is 2.11. The molecule has 0 spiro atoms. The molecular weight excluding hydrogens is 138 g/mol. The molecule has 0 N–H and O–H groups in total. The first-order chi connectivity index (χ1) is 5.34. The summed E-state index contributed by atoms with van der Waals surface area (Å²) in [5.41, 5.74) is 0. The first-order valence-electron chi connectivity index (χ1n) is 4.53. The van der Waals surface area contributed by atoms with Crippen LogP contribution < -0.4 is 0 Å². The summed E-state index contributed by atoms with van der Waals surface area (Å²) in [5.74, 6) is 0. The lowest BCUT2D eigenvalue weighted by molar-refractivity contribution is -0.0324. The van der Waals surface area contributed by atoms with Crippen LogP contribution in [0.5, 0.6) is 0 Å². The van der Waals surface area contributed by atoms with Gasteiger partial charge < -0.3 is 4.74 Å². The van der Waals surface area contributed by atoms with E-state index in [1.165, 1.54) is 19.3 Å². The molecule has 0 aromatic carbocycles. The molecule has 1 radical (unpaired) electrons. The van der Waals surface area contributed by atoms with E-state index in [0.29, 0.717) is 0 Å². The quantitative estimate of drug-likeness (QED) is 0.616. The number of piperidine rings is 1. The number of ether oxygens (including phenoxy) is 1. The van der Waals surface area contributed by atoms with Crippen molar-refractivity contribution in [2.45, 2.75) is 32.4 Å². The minimum absolute atomic E-state index is 0.0836. The minimum atomic E-state index is 0.0836. The van der Waals surface area contributed by atoms with Crippen LogP contribution in [0.2, 0.25) is 0 Å². The topological polar surface area (TPSA) is 12.5 Å². The van der Waals surface area contributed by atoms with Crippen LogP contribution in [0.15, 0.2) is 0 Å².